The summed E-state index contributed by atoms with van der Waals surface area (Å²) in [5, 5.41) is 3.55. The Morgan fingerprint density at radius 2 is 1.85 bits per heavy atom. The van der Waals surface area contributed by atoms with Crippen LogP contribution >= 0.6 is 0 Å². The van der Waals surface area contributed by atoms with Crippen LogP contribution in [0.25, 0.3) is 0 Å². The average Bonchev–Trinajstić information content (AvgIpc) is 2.49. The summed E-state index contributed by atoms with van der Waals surface area (Å²) in [6.45, 7) is 5.37. The molecule has 0 saturated carbocycles. The molecule has 1 aliphatic rings. The molecule has 2 heteroatoms. The number of hydrogen-bond acceptors (Lipinski definition) is 2. The minimum Gasteiger partial charge on any atom is -0.383 e. The van der Waals surface area contributed by atoms with Crippen molar-refractivity contribution < 1.29 is 0 Å². The molecule has 2 aromatic rings. The number of aryl methyl sites for hydroxylation is 2. The highest BCUT2D eigenvalue weighted by Gasteiger charge is 2.15. The van der Waals surface area contributed by atoms with Gasteiger partial charge < -0.3 is 10.2 Å². The fourth-order valence-corrected chi connectivity index (χ4v) is 2.94. The molecular formula is C18H22N2. The summed E-state index contributed by atoms with van der Waals surface area (Å²) in [5.74, 6) is 0. The minimum absolute atomic E-state index is 0.985. The topological polar surface area (TPSA) is 15.3 Å². The Kier molecular flexibility index (Phi) is 3.91. The first-order valence-corrected chi connectivity index (χ1v) is 7.47. The first-order chi connectivity index (χ1) is 9.84. The Bertz CT molecular complexity index is 577. The standard InChI is InChI=1S/C18H22N2/c1-15-7-2-4-10-17(15)19-12-14-20-13-6-9-16-8-3-5-11-18(16)20/h2-5,7-8,10-11,19H,6,9,12-14H2,1H3. The van der Waals surface area contributed by atoms with Crippen molar-refractivity contribution in [1.29, 1.82) is 0 Å². The van der Waals surface area contributed by atoms with Gasteiger partial charge in [-0.05, 0) is 43.0 Å². The maximum atomic E-state index is 3.55. The van der Waals surface area contributed by atoms with Crippen molar-refractivity contribution in [3.8, 4) is 0 Å². The van der Waals surface area contributed by atoms with Crippen LogP contribution in [0.3, 0.4) is 0 Å². The first kappa shape index (κ1) is 13.0. The maximum Gasteiger partial charge on any atom is 0.0399 e. The zero-order chi connectivity index (χ0) is 13.8. The molecule has 20 heavy (non-hydrogen) atoms. The summed E-state index contributed by atoms with van der Waals surface area (Å²) >= 11 is 0. The molecule has 1 aliphatic heterocycles. The van der Waals surface area contributed by atoms with Gasteiger partial charge in [0.2, 0.25) is 0 Å². The molecule has 2 nitrogen and oxygen atoms in total. The Hall–Kier alpha value is -1.96. The van der Waals surface area contributed by atoms with E-state index < -0.39 is 0 Å². The molecule has 0 radical (unpaired) electrons. The zero-order valence-electron chi connectivity index (χ0n) is 12.1. The normalized spacial score (nSPS) is 13.9. The smallest absolute Gasteiger partial charge is 0.0399 e. The second-order valence-electron chi connectivity index (χ2n) is 5.46. The van der Waals surface area contributed by atoms with Crippen LogP contribution in [0.15, 0.2) is 48.5 Å². The van der Waals surface area contributed by atoms with Gasteiger partial charge in [0, 0.05) is 31.0 Å². The lowest BCUT2D eigenvalue weighted by molar-refractivity contribution is 0.698. The summed E-state index contributed by atoms with van der Waals surface area (Å²) in [7, 11) is 0. The number of nitrogens with one attached hydrogen (secondary N) is 1. The second kappa shape index (κ2) is 6.00. The first-order valence-electron chi connectivity index (χ1n) is 7.47. The number of para-hydroxylation sites is 2. The molecule has 0 amide bonds. The lowest BCUT2D eigenvalue weighted by Crippen LogP contribution is -2.33. The number of hydrogen-bond donors (Lipinski definition) is 1. The van der Waals surface area contributed by atoms with E-state index in [9.17, 15) is 0 Å². The summed E-state index contributed by atoms with van der Waals surface area (Å²) in [6, 6.07) is 17.3. The van der Waals surface area contributed by atoms with Crippen LogP contribution in [0.2, 0.25) is 0 Å². The predicted octanol–water partition coefficient (Wildman–Crippen LogP) is 3.86. The SMILES string of the molecule is Cc1ccccc1NCCN1CCCc2ccccc21. The van der Waals surface area contributed by atoms with Gasteiger partial charge in [-0.25, -0.2) is 0 Å². The van der Waals surface area contributed by atoms with E-state index in [4.69, 9.17) is 0 Å². The molecule has 0 aliphatic carbocycles. The molecule has 1 heterocycles. The third-order valence-electron chi connectivity index (χ3n) is 4.05. The second-order valence-corrected chi connectivity index (χ2v) is 5.46. The van der Waals surface area contributed by atoms with Crippen molar-refractivity contribution in [1.82, 2.24) is 0 Å². The molecule has 104 valence electrons. The van der Waals surface area contributed by atoms with Crippen molar-refractivity contribution in [2.75, 3.05) is 29.9 Å². The largest absolute Gasteiger partial charge is 0.383 e. The number of anilines is 2. The quantitative estimate of drug-likeness (QED) is 0.904. The minimum atomic E-state index is 0.985. The maximum absolute atomic E-state index is 3.55. The summed E-state index contributed by atoms with van der Waals surface area (Å²) in [6.07, 6.45) is 2.49. The van der Waals surface area contributed by atoms with E-state index in [1.54, 1.807) is 0 Å². The number of nitrogens with zero attached hydrogens (tertiary/aromatic N) is 1. The number of benzene rings is 2. The van der Waals surface area contributed by atoms with Gasteiger partial charge in [-0.15, -0.1) is 0 Å². The van der Waals surface area contributed by atoms with Crippen LogP contribution in [0, 0.1) is 6.92 Å². The van der Waals surface area contributed by atoms with E-state index in [0.717, 1.165) is 13.1 Å². The van der Waals surface area contributed by atoms with E-state index >= 15 is 0 Å². The lowest BCUT2D eigenvalue weighted by Gasteiger charge is -2.31. The van der Waals surface area contributed by atoms with Crippen molar-refractivity contribution in [2.24, 2.45) is 0 Å². The highest BCUT2D eigenvalue weighted by molar-refractivity contribution is 5.56. The summed E-state index contributed by atoms with van der Waals surface area (Å²) in [4.78, 5) is 2.50. The highest BCUT2D eigenvalue weighted by Crippen LogP contribution is 2.26. The molecular weight excluding hydrogens is 244 g/mol. The Morgan fingerprint density at radius 3 is 2.75 bits per heavy atom. The Labute approximate surface area is 121 Å². The van der Waals surface area contributed by atoms with Gasteiger partial charge in [-0.3, -0.25) is 0 Å². The fourth-order valence-electron chi connectivity index (χ4n) is 2.94. The Balaban J connectivity index is 1.61. The molecule has 0 atom stereocenters. The van der Waals surface area contributed by atoms with Gasteiger partial charge in [0.25, 0.3) is 0 Å². The lowest BCUT2D eigenvalue weighted by atomic mass is 10.0. The molecule has 1 N–H and O–H groups in total. The van der Waals surface area contributed by atoms with Crippen LogP contribution in [-0.4, -0.2) is 19.6 Å². The molecule has 0 unspecified atom stereocenters. The zero-order valence-corrected chi connectivity index (χ0v) is 12.1. The molecule has 3 rings (SSSR count). The van der Waals surface area contributed by atoms with E-state index in [-0.39, 0.29) is 0 Å². The Morgan fingerprint density at radius 1 is 1.05 bits per heavy atom. The van der Waals surface area contributed by atoms with Gasteiger partial charge in [0.1, 0.15) is 0 Å². The van der Waals surface area contributed by atoms with Crippen molar-refractivity contribution in [2.45, 2.75) is 19.8 Å². The third-order valence-corrected chi connectivity index (χ3v) is 4.05. The van der Waals surface area contributed by atoms with Gasteiger partial charge >= 0.3 is 0 Å². The average molecular weight is 266 g/mol. The molecule has 0 fully saturated rings. The summed E-state index contributed by atoms with van der Waals surface area (Å²) in [5.41, 5.74) is 5.48. The summed E-state index contributed by atoms with van der Waals surface area (Å²) < 4.78 is 0. The van der Waals surface area contributed by atoms with Crippen LogP contribution in [-0.2, 0) is 6.42 Å². The van der Waals surface area contributed by atoms with E-state index in [2.05, 4.69) is 65.7 Å². The van der Waals surface area contributed by atoms with E-state index in [1.165, 1.54) is 41.9 Å². The van der Waals surface area contributed by atoms with Crippen LogP contribution < -0.4 is 10.2 Å². The monoisotopic (exact) mass is 266 g/mol. The molecule has 0 aromatic heterocycles. The van der Waals surface area contributed by atoms with Crippen molar-refractivity contribution >= 4 is 11.4 Å². The molecule has 0 spiro atoms. The molecule has 0 bridgehead atoms. The van der Waals surface area contributed by atoms with Crippen LogP contribution in [0.5, 0.6) is 0 Å². The highest BCUT2D eigenvalue weighted by atomic mass is 15.1. The third kappa shape index (κ3) is 2.79. The van der Waals surface area contributed by atoms with Gasteiger partial charge in [0.05, 0.1) is 0 Å². The van der Waals surface area contributed by atoms with Crippen molar-refractivity contribution in [3.05, 3.63) is 59.7 Å². The van der Waals surface area contributed by atoms with Crippen LogP contribution in [0.1, 0.15) is 17.5 Å². The molecule has 0 saturated heterocycles. The van der Waals surface area contributed by atoms with Crippen molar-refractivity contribution in [3.63, 3.8) is 0 Å². The molecule has 2 aromatic carbocycles. The van der Waals surface area contributed by atoms with Gasteiger partial charge in [-0.2, -0.15) is 0 Å². The van der Waals surface area contributed by atoms with Crippen LogP contribution in [0.4, 0.5) is 11.4 Å². The van der Waals surface area contributed by atoms with Gasteiger partial charge in [-0.1, -0.05) is 36.4 Å². The number of rotatable bonds is 4. The van der Waals surface area contributed by atoms with E-state index in [0.29, 0.717) is 0 Å². The van der Waals surface area contributed by atoms with E-state index in [1.807, 2.05) is 0 Å². The number of fused-ring (bicyclic) bond motifs is 1. The van der Waals surface area contributed by atoms with Gasteiger partial charge in [0.15, 0.2) is 0 Å². The predicted molar refractivity (Wildman–Crippen MR) is 86.6 cm³/mol. The fraction of sp³-hybridized carbons (Fsp3) is 0.333.